The number of halogens is 2. The van der Waals surface area contributed by atoms with Gasteiger partial charge in [-0.25, -0.2) is 4.99 Å². The second-order valence-corrected chi connectivity index (χ2v) is 11.5. The molecule has 0 saturated carbocycles. The number of carbonyl (C=O) groups is 1. The van der Waals surface area contributed by atoms with E-state index in [4.69, 9.17) is 30.5 Å². The first-order valence-electron chi connectivity index (χ1n) is 12.3. The number of nitrogens with zero attached hydrogens (tertiary/aromatic N) is 1. The van der Waals surface area contributed by atoms with Crippen molar-refractivity contribution in [3.05, 3.63) is 96.3 Å². The summed E-state index contributed by atoms with van der Waals surface area (Å²) in [5, 5.41) is 4.38. The summed E-state index contributed by atoms with van der Waals surface area (Å²) in [6.07, 6.45) is 7.48. The van der Waals surface area contributed by atoms with Gasteiger partial charge in [-0.2, -0.15) is 0 Å². The van der Waals surface area contributed by atoms with Gasteiger partial charge in [-0.15, -0.1) is 11.3 Å². The fourth-order valence-corrected chi connectivity index (χ4v) is 6.60. The maximum Gasteiger partial charge on any atom is 0.255 e. The minimum Gasteiger partial charge on any atom is -0.493 e. The average molecular weight is 661 g/mol. The Labute approximate surface area is 244 Å². The molecule has 0 radical (unpaired) electrons. The monoisotopic (exact) mass is 660 g/mol. The number of amides is 1. The van der Waals surface area contributed by atoms with Crippen LogP contribution in [0.15, 0.2) is 64.2 Å². The lowest BCUT2D eigenvalue weighted by atomic mass is 9.95. The Morgan fingerprint density at radius 2 is 2.05 bits per heavy atom. The van der Waals surface area contributed by atoms with Gasteiger partial charge < -0.3 is 19.2 Å². The van der Waals surface area contributed by atoms with Crippen LogP contribution in [-0.4, -0.2) is 19.2 Å². The highest BCUT2D eigenvalue weighted by Crippen LogP contribution is 2.40. The molecule has 1 aliphatic carbocycles. The molecular weight excluding hydrogens is 635 g/mol. The number of hydrogen-bond donors (Lipinski definition) is 1. The van der Waals surface area contributed by atoms with Crippen molar-refractivity contribution >= 4 is 62.7 Å². The Hall–Kier alpha value is -2.82. The normalized spacial score (nSPS) is 12.9. The van der Waals surface area contributed by atoms with Crippen LogP contribution in [0.25, 0.3) is 0 Å². The summed E-state index contributed by atoms with van der Waals surface area (Å²) in [5.41, 5.74) is 3.55. The number of thiophene rings is 1. The van der Waals surface area contributed by atoms with Crippen LogP contribution in [0.1, 0.15) is 50.5 Å². The number of aryl methyl sites for hydroxylation is 1. The molecule has 38 heavy (non-hydrogen) atoms. The topological polar surface area (TPSA) is 73.1 Å². The van der Waals surface area contributed by atoms with Crippen LogP contribution in [-0.2, 0) is 26.0 Å². The molecule has 2 aromatic carbocycles. The van der Waals surface area contributed by atoms with E-state index < -0.39 is 0 Å². The lowest BCUT2D eigenvalue weighted by molar-refractivity contribution is 0.0948. The van der Waals surface area contributed by atoms with Gasteiger partial charge in [0.05, 0.1) is 29.1 Å². The second-order valence-electron chi connectivity index (χ2n) is 8.83. The summed E-state index contributed by atoms with van der Waals surface area (Å²) in [6, 6.07) is 15.1. The Bertz CT molecular complexity index is 1470. The highest BCUT2D eigenvalue weighted by molar-refractivity contribution is 14.1. The van der Waals surface area contributed by atoms with E-state index in [9.17, 15) is 4.79 Å². The van der Waals surface area contributed by atoms with Crippen molar-refractivity contribution in [2.45, 2.75) is 38.8 Å². The number of hydrogen-bond acceptors (Lipinski definition) is 6. The molecule has 0 aliphatic heterocycles. The molecule has 0 saturated heterocycles. The summed E-state index contributed by atoms with van der Waals surface area (Å²) in [5.74, 6) is 1.84. The van der Waals surface area contributed by atoms with E-state index in [1.54, 1.807) is 30.9 Å². The molecule has 0 fully saturated rings. The molecule has 5 rings (SSSR count). The van der Waals surface area contributed by atoms with Crippen molar-refractivity contribution in [3.63, 3.8) is 0 Å². The van der Waals surface area contributed by atoms with Crippen LogP contribution in [0.5, 0.6) is 11.5 Å². The highest BCUT2D eigenvalue weighted by atomic mass is 127. The van der Waals surface area contributed by atoms with E-state index in [1.807, 2.05) is 48.5 Å². The third kappa shape index (κ3) is 6.08. The number of rotatable bonds is 9. The molecule has 0 atom stereocenters. The molecule has 1 aliphatic rings. The summed E-state index contributed by atoms with van der Waals surface area (Å²) in [6.45, 7) is 0.668. The third-order valence-electron chi connectivity index (χ3n) is 6.30. The molecule has 196 valence electrons. The predicted octanol–water partition coefficient (Wildman–Crippen LogP) is 7.75. The quantitative estimate of drug-likeness (QED) is 0.147. The largest absolute Gasteiger partial charge is 0.493 e. The zero-order chi connectivity index (χ0) is 26.5. The van der Waals surface area contributed by atoms with Gasteiger partial charge in [0.15, 0.2) is 11.5 Å². The molecule has 1 N–H and O–H groups in total. The predicted molar refractivity (Wildman–Crippen MR) is 160 cm³/mol. The molecule has 6 nitrogen and oxygen atoms in total. The van der Waals surface area contributed by atoms with Crippen molar-refractivity contribution in [1.29, 1.82) is 0 Å². The van der Waals surface area contributed by atoms with Gasteiger partial charge in [0.2, 0.25) is 0 Å². The van der Waals surface area contributed by atoms with Gasteiger partial charge >= 0.3 is 0 Å². The van der Waals surface area contributed by atoms with Crippen LogP contribution in [0.4, 0.5) is 5.00 Å². The number of furan rings is 1. The molecule has 0 bridgehead atoms. The van der Waals surface area contributed by atoms with Gasteiger partial charge in [0.1, 0.15) is 17.4 Å². The lowest BCUT2D eigenvalue weighted by Gasteiger charge is -2.14. The molecule has 4 aromatic rings. The van der Waals surface area contributed by atoms with E-state index in [0.717, 1.165) is 50.9 Å². The maximum atomic E-state index is 13.3. The molecule has 2 aromatic heterocycles. The van der Waals surface area contributed by atoms with Gasteiger partial charge in [0, 0.05) is 21.7 Å². The van der Waals surface area contributed by atoms with E-state index in [2.05, 4.69) is 27.9 Å². The lowest BCUT2D eigenvalue weighted by Crippen LogP contribution is -2.23. The standard InChI is InChI=1S/C29H26ClIN2O4S/c1-35-24-14-18(13-23(31)27(24)37-17-19-7-2-4-10-22(19)30)15-33-29-26(21-9-3-5-11-25(21)38-29)28(34)32-16-20-8-6-12-36-20/h2,4,6-8,10,12-15H,3,5,9,11,16-17H2,1H3,(H,32,34). The van der Waals surface area contributed by atoms with Gasteiger partial charge in [-0.3, -0.25) is 4.79 Å². The smallest absolute Gasteiger partial charge is 0.255 e. The number of benzene rings is 2. The SMILES string of the molecule is COc1cc(C=Nc2sc3c(c2C(=O)NCc2ccco2)CCCC3)cc(I)c1OCc1ccccc1Cl. The number of aliphatic imine (C=N–C) groups is 1. The fourth-order valence-electron chi connectivity index (χ4n) is 4.40. The van der Waals surface area contributed by atoms with Crippen molar-refractivity contribution in [3.8, 4) is 11.5 Å². The first kappa shape index (κ1) is 26.8. The summed E-state index contributed by atoms with van der Waals surface area (Å²) < 4.78 is 18.0. The van der Waals surface area contributed by atoms with Crippen molar-refractivity contribution in [2.24, 2.45) is 4.99 Å². The molecule has 2 heterocycles. The fraction of sp³-hybridized carbons (Fsp3) is 0.241. The van der Waals surface area contributed by atoms with Crippen molar-refractivity contribution in [2.75, 3.05) is 7.11 Å². The summed E-state index contributed by atoms with van der Waals surface area (Å²) in [4.78, 5) is 19.3. The second kappa shape index (κ2) is 12.4. The number of ether oxygens (including phenoxy) is 2. The third-order valence-corrected chi connectivity index (χ3v) is 8.67. The van der Waals surface area contributed by atoms with E-state index in [1.165, 1.54) is 4.88 Å². The average Bonchev–Trinajstić information content (AvgIpc) is 3.58. The molecule has 0 unspecified atom stereocenters. The van der Waals surface area contributed by atoms with Crippen LogP contribution in [0, 0.1) is 3.57 Å². The van der Waals surface area contributed by atoms with Crippen molar-refractivity contribution in [1.82, 2.24) is 5.32 Å². The van der Waals surface area contributed by atoms with Crippen molar-refractivity contribution < 1.29 is 18.7 Å². The van der Waals surface area contributed by atoms with E-state index in [-0.39, 0.29) is 5.91 Å². The van der Waals surface area contributed by atoms with Gasteiger partial charge in [-0.05, 0) is 89.7 Å². The first-order chi connectivity index (χ1) is 18.5. The van der Waals surface area contributed by atoms with E-state index in [0.29, 0.717) is 41.0 Å². The zero-order valence-electron chi connectivity index (χ0n) is 20.8. The number of methoxy groups -OCH3 is 1. The molecule has 1 amide bonds. The Morgan fingerprint density at radius 1 is 1.21 bits per heavy atom. The molecule has 0 spiro atoms. The number of carbonyl (C=O) groups excluding carboxylic acids is 1. The van der Waals surface area contributed by atoms with Gasteiger partial charge in [0.25, 0.3) is 5.91 Å². The minimum atomic E-state index is -0.122. The summed E-state index contributed by atoms with van der Waals surface area (Å²) >= 11 is 10.1. The summed E-state index contributed by atoms with van der Waals surface area (Å²) in [7, 11) is 1.61. The zero-order valence-corrected chi connectivity index (χ0v) is 24.5. The van der Waals surface area contributed by atoms with Crippen LogP contribution < -0.4 is 14.8 Å². The molecule has 9 heteroatoms. The number of fused-ring (bicyclic) bond motifs is 1. The number of nitrogens with one attached hydrogen (secondary N) is 1. The molecular formula is C29H26ClIN2O4S. The highest BCUT2D eigenvalue weighted by Gasteiger charge is 2.25. The van der Waals surface area contributed by atoms with Gasteiger partial charge in [-0.1, -0.05) is 29.8 Å². The van der Waals surface area contributed by atoms with Crippen LogP contribution in [0.2, 0.25) is 5.02 Å². The maximum absolute atomic E-state index is 13.3. The Morgan fingerprint density at radius 3 is 2.84 bits per heavy atom. The Balaban J connectivity index is 1.38. The first-order valence-corrected chi connectivity index (χ1v) is 14.5. The Kier molecular flexibility index (Phi) is 8.71. The van der Waals surface area contributed by atoms with E-state index >= 15 is 0 Å². The van der Waals surface area contributed by atoms with Crippen LogP contribution in [0.3, 0.4) is 0 Å². The minimum absolute atomic E-state index is 0.122. The van der Waals surface area contributed by atoms with Crippen LogP contribution >= 0.6 is 45.5 Å².